The molecule has 5 heteroatoms. The van der Waals surface area contributed by atoms with E-state index in [0.29, 0.717) is 13.0 Å². The van der Waals surface area contributed by atoms with Crippen LogP contribution in [0.25, 0.3) is 0 Å². The molecule has 5 nitrogen and oxygen atoms in total. The number of carbonyl (C=O) groups excluding carboxylic acids is 1. The smallest absolute Gasteiger partial charge is 0.226 e. The van der Waals surface area contributed by atoms with Crippen molar-refractivity contribution in [2.45, 2.75) is 19.9 Å². The van der Waals surface area contributed by atoms with Crippen LogP contribution in [-0.2, 0) is 17.8 Å². The van der Waals surface area contributed by atoms with Gasteiger partial charge in [-0.2, -0.15) is 5.10 Å². The maximum atomic E-state index is 11.6. The summed E-state index contributed by atoms with van der Waals surface area (Å²) in [5.74, 6) is -0.0340. The lowest BCUT2D eigenvalue weighted by atomic mass is 10.2. The number of pyridine rings is 1. The summed E-state index contributed by atoms with van der Waals surface area (Å²) in [7, 11) is 0. The summed E-state index contributed by atoms with van der Waals surface area (Å²) in [4.78, 5) is 15.5. The molecule has 0 aliphatic heterocycles. The Morgan fingerprint density at radius 1 is 1.41 bits per heavy atom. The van der Waals surface area contributed by atoms with Gasteiger partial charge in [-0.05, 0) is 30.7 Å². The highest BCUT2D eigenvalue weighted by atomic mass is 16.1. The van der Waals surface area contributed by atoms with Crippen molar-refractivity contribution in [1.82, 2.24) is 20.5 Å². The van der Waals surface area contributed by atoms with Gasteiger partial charge in [0.1, 0.15) is 0 Å². The van der Waals surface area contributed by atoms with Crippen LogP contribution in [0.4, 0.5) is 0 Å². The molecule has 1 amide bonds. The number of aromatic amines is 1. The van der Waals surface area contributed by atoms with Gasteiger partial charge in [0.05, 0.1) is 12.1 Å². The summed E-state index contributed by atoms with van der Waals surface area (Å²) in [6, 6.07) is 5.62. The lowest BCUT2D eigenvalue weighted by Crippen LogP contribution is -2.24. The Bertz CT molecular complexity index is 492. The van der Waals surface area contributed by atoms with E-state index in [4.69, 9.17) is 0 Å². The van der Waals surface area contributed by atoms with Gasteiger partial charge in [-0.3, -0.25) is 14.9 Å². The van der Waals surface area contributed by atoms with Crippen molar-refractivity contribution >= 4 is 5.91 Å². The number of H-pyrrole nitrogens is 1. The zero-order valence-corrected chi connectivity index (χ0v) is 9.60. The SMILES string of the molecule is Cc1cc(CC(=O)NCc2ccncc2)n[nH]1. The van der Waals surface area contributed by atoms with Gasteiger partial charge in [0.2, 0.25) is 5.91 Å². The molecule has 0 aliphatic rings. The highest BCUT2D eigenvalue weighted by Gasteiger charge is 2.05. The fourth-order valence-corrected chi connectivity index (χ4v) is 1.49. The Kier molecular flexibility index (Phi) is 3.49. The first-order valence-corrected chi connectivity index (χ1v) is 5.40. The minimum absolute atomic E-state index is 0.0340. The van der Waals surface area contributed by atoms with Gasteiger partial charge in [0.25, 0.3) is 0 Å². The first-order valence-electron chi connectivity index (χ1n) is 5.40. The van der Waals surface area contributed by atoms with E-state index >= 15 is 0 Å². The molecule has 0 atom stereocenters. The molecule has 0 aliphatic carbocycles. The number of amides is 1. The van der Waals surface area contributed by atoms with Crippen LogP contribution in [0, 0.1) is 6.92 Å². The molecule has 2 N–H and O–H groups in total. The molecule has 0 unspecified atom stereocenters. The fourth-order valence-electron chi connectivity index (χ4n) is 1.49. The minimum Gasteiger partial charge on any atom is -0.352 e. The van der Waals surface area contributed by atoms with Crippen molar-refractivity contribution in [3.05, 3.63) is 47.5 Å². The van der Waals surface area contributed by atoms with Gasteiger partial charge in [-0.15, -0.1) is 0 Å². The normalized spacial score (nSPS) is 10.2. The van der Waals surface area contributed by atoms with Crippen LogP contribution in [0.1, 0.15) is 17.0 Å². The van der Waals surface area contributed by atoms with E-state index < -0.39 is 0 Å². The third-order valence-electron chi connectivity index (χ3n) is 2.34. The number of rotatable bonds is 4. The summed E-state index contributed by atoms with van der Waals surface area (Å²) in [6.07, 6.45) is 3.71. The van der Waals surface area contributed by atoms with Crippen molar-refractivity contribution in [3.8, 4) is 0 Å². The van der Waals surface area contributed by atoms with E-state index in [2.05, 4.69) is 20.5 Å². The second-order valence-electron chi connectivity index (χ2n) is 3.85. The molecule has 0 aromatic carbocycles. The standard InChI is InChI=1S/C12H14N4O/c1-9-6-11(16-15-9)7-12(17)14-8-10-2-4-13-5-3-10/h2-6H,7-8H2,1H3,(H,14,17)(H,15,16). The van der Waals surface area contributed by atoms with Crippen LogP contribution in [0.5, 0.6) is 0 Å². The molecule has 0 bridgehead atoms. The number of aromatic nitrogens is 3. The number of hydrogen-bond donors (Lipinski definition) is 2. The van der Waals surface area contributed by atoms with Gasteiger partial charge in [0, 0.05) is 24.6 Å². The number of hydrogen-bond acceptors (Lipinski definition) is 3. The van der Waals surface area contributed by atoms with E-state index in [1.54, 1.807) is 12.4 Å². The van der Waals surface area contributed by atoms with Gasteiger partial charge in [-0.25, -0.2) is 0 Å². The second kappa shape index (κ2) is 5.25. The van der Waals surface area contributed by atoms with Crippen molar-refractivity contribution in [2.24, 2.45) is 0 Å². The molecule has 0 saturated heterocycles. The highest BCUT2D eigenvalue weighted by Crippen LogP contribution is 1.99. The van der Waals surface area contributed by atoms with Crippen LogP contribution >= 0.6 is 0 Å². The summed E-state index contributed by atoms with van der Waals surface area (Å²) < 4.78 is 0. The van der Waals surface area contributed by atoms with Crippen LogP contribution in [0.2, 0.25) is 0 Å². The molecule has 2 heterocycles. The second-order valence-corrected chi connectivity index (χ2v) is 3.85. The molecular weight excluding hydrogens is 216 g/mol. The van der Waals surface area contributed by atoms with Gasteiger partial charge in [0.15, 0.2) is 0 Å². The molecule has 88 valence electrons. The van der Waals surface area contributed by atoms with E-state index in [1.807, 2.05) is 25.1 Å². The first-order chi connectivity index (χ1) is 8.24. The molecule has 2 aromatic heterocycles. The van der Waals surface area contributed by atoms with E-state index in [1.165, 1.54) is 0 Å². The number of nitrogens with one attached hydrogen (secondary N) is 2. The topological polar surface area (TPSA) is 70.7 Å². The van der Waals surface area contributed by atoms with E-state index in [-0.39, 0.29) is 5.91 Å². The Morgan fingerprint density at radius 2 is 2.18 bits per heavy atom. The monoisotopic (exact) mass is 230 g/mol. The molecule has 2 rings (SSSR count). The zero-order chi connectivity index (χ0) is 12.1. The van der Waals surface area contributed by atoms with Crippen molar-refractivity contribution in [1.29, 1.82) is 0 Å². The fraction of sp³-hybridized carbons (Fsp3) is 0.250. The summed E-state index contributed by atoms with van der Waals surface area (Å²) in [5, 5.41) is 9.66. The van der Waals surface area contributed by atoms with Crippen LogP contribution in [-0.4, -0.2) is 21.1 Å². The van der Waals surface area contributed by atoms with Gasteiger partial charge >= 0.3 is 0 Å². The van der Waals surface area contributed by atoms with E-state index in [0.717, 1.165) is 17.0 Å². The average molecular weight is 230 g/mol. The molecule has 17 heavy (non-hydrogen) atoms. The van der Waals surface area contributed by atoms with Gasteiger partial charge in [-0.1, -0.05) is 0 Å². The summed E-state index contributed by atoms with van der Waals surface area (Å²) >= 11 is 0. The maximum Gasteiger partial charge on any atom is 0.226 e. The average Bonchev–Trinajstić information content (AvgIpc) is 2.73. The summed E-state index contributed by atoms with van der Waals surface area (Å²) in [6.45, 7) is 2.43. The predicted octanol–water partition coefficient (Wildman–Crippen LogP) is 0.972. The van der Waals surface area contributed by atoms with Crippen molar-refractivity contribution in [2.75, 3.05) is 0 Å². The number of aryl methyl sites for hydroxylation is 1. The van der Waals surface area contributed by atoms with Crippen LogP contribution in [0.15, 0.2) is 30.6 Å². The Hall–Kier alpha value is -2.17. The van der Waals surface area contributed by atoms with Gasteiger partial charge < -0.3 is 5.32 Å². The molecule has 0 saturated carbocycles. The third-order valence-corrected chi connectivity index (χ3v) is 2.34. The Morgan fingerprint density at radius 3 is 2.82 bits per heavy atom. The largest absolute Gasteiger partial charge is 0.352 e. The first kappa shape index (κ1) is 11.3. The van der Waals surface area contributed by atoms with Crippen LogP contribution in [0.3, 0.4) is 0 Å². The van der Waals surface area contributed by atoms with Crippen LogP contribution < -0.4 is 5.32 Å². The number of carbonyl (C=O) groups is 1. The Labute approximate surface area is 99.3 Å². The molecule has 2 aromatic rings. The number of nitrogens with zero attached hydrogens (tertiary/aromatic N) is 2. The van der Waals surface area contributed by atoms with Crippen molar-refractivity contribution < 1.29 is 4.79 Å². The lowest BCUT2D eigenvalue weighted by molar-refractivity contribution is -0.120. The molecule has 0 radical (unpaired) electrons. The minimum atomic E-state index is -0.0340. The third kappa shape index (κ3) is 3.41. The molecular formula is C12H14N4O. The predicted molar refractivity (Wildman–Crippen MR) is 63.1 cm³/mol. The molecule has 0 fully saturated rings. The lowest BCUT2D eigenvalue weighted by Gasteiger charge is -2.03. The summed E-state index contributed by atoms with van der Waals surface area (Å²) in [5.41, 5.74) is 2.75. The van der Waals surface area contributed by atoms with E-state index in [9.17, 15) is 4.79 Å². The quantitative estimate of drug-likeness (QED) is 0.822. The molecule has 0 spiro atoms. The highest BCUT2D eigenvalue weighted by molar-refractivity contribution is 5.78. The Balaban J connectivity index is 1.82. The van der Waals surface area contributed by atoms with Crippen molar-refractivity contribution in [3.63, 3.8) is 0 Å². The maximum absolute atomic E-state index is 11.6. The zero-order valence-electron chi connectivity index (χ0n) is 9.60.